The maximum atomic E-state index is 13.6. The van der Waals surface area contributed by atoms with Crippen LogP contribution >= 0.6 is 0 Å². The molecule has 0 aliphatic rings. The Bertz CT molecular complexity index is 1200. The Morgan fingerprint density at radius 3 is 2.71 bits per heavy atom. The van der Waals surface area contributed by atoms with E-state index < -0.39 is 17.5 Å². The number of aromatic nitrogens is 3. The number of nitrogens with zero attached hydrogens (tertiary/aromatic N) is 3. The standard InChI is InChI=1S/C22H18F2N4O3/c1-14-2-4-15(5-3-14)11-28-13-25-22(27-28)26-21(29)20-9-7-17(31-20)12-30-19-8-6-16(23)10-18(19)24/h2-10,13H,11-12H2,1H3,(H,26,27,29). The second-order valence-corrected chi connectivity index (χ2v) is 6.83. The first-order chi connectivity index (χ1) is 15.0. The van der Waals surface area contributed by atoms with Crippen LogP contribution < -0.4 is 10.1 Å². The summed E-state index contributed by atoms with van der Waals surface area (Å²) in [7, 11) is 0. The lowest BCUT2D eigenvalue weighted by Gasteiger charge is -2.05. The van der Waals surface area contributed by atoms with Gasteiger partial charge in [0.25, 0.3) is 5.91 Å². The Morgan fingerprint density at radius 1 is 1.13 bits per heavy atom. The number of benzene rings is 2. The minimum Gasteiger partial charge on any atom is -0.483 e. The predicted molar refractivity (Wildman–Crippen MR) is 108 cm³/mol. The molecule has 0 spiro atoms. The molecule has 2 aromatic carbocycles. The molecule has 158 valence electrons. The molecule has 0 unspecified atom stereocenters. The predicted octanol–water partition coefficient (Wildman–Crippen LogP) is 4.34. The van der Waals surface area contributed by atoms with Gasteiger partial charge >= 0.3 is 0 Å². The molecule has 0 fully saturated rings. The van der Waals surface area contributed by atoms with Crippen LogP contribution in [0.5, 0.6) is 5.75 Å². The van der Waals surface area contributed by atoms with Crippen LogP contribution in [0, 0.1) is 18.6 Å². The third-order valence-corrected chi connectivity index (χ3v) is 4.38. The van der Waals surface area contributed by atoms with Crippen molar-refractivity contribution >= 4 is 11.9 Å². The van der Waals surface area contributed by atoms with Crippen molar-refractivity contribution in [2.75, 3.05) is 5.32 Å². The van der Waals surface area contributed by atoms with Crippen molar-refractivity contribution in [3.63, 3.8) is 0 Å². The van der Waals surface area contributed by atoms with E-state index in [9.17, 15) is 13.6 Å². The van der Waals surface area contributed by atoms with Crippen molar-refractivity contribution in [3.8, 4) is 5.75 Å². The summed E-state index contributed by atoms with van der Waals surface area (Å²) in [6.07, 6.45) is 1.52. The van der Waals surface area contributed by atoms with Crippen molar-refractivity contribution in [3.05, 3.63) is 95.2 Å². The summed E-state index contributed by atoms with van der Waals surface area (Å²) >= 11 is 0. The SMILES string of the molecule is Cc1ccc(Cn2cnc(NC(=O)c3ccc(COc4ccc(F)cc4F)o3)n2)cc1. The molecule has 0 aliphatic carbocycles. The molecule has 0 saturated carbocycles. The van der Waals surface area contributed by atoms with Gasteiger partial charge in [0, 0.05) is 6.07 Å². The molecule has 4 rings (SSSR count). The van der Waals surface area contributed by atoms with Crippen LogP contribution in [0.3, 0.4) is 0 Å². The Hall–Kier alpha value is -4.01. The maximum Gasteiger partial charge on any atom is 0.293 e. The highest BCUT2D eigenvalue weighted by molar-refractivity contribution is 6.01. The Kier molecular flexibility index (Phi) is 5.74. The number of hydrogen-bond donors (Lipinski definition) is 1. The van der Waals surface area contributed by atoms with Gasteiger partial charge in [-0.3, -0.25) is 10.1 Å². The van der Waals surface area contributed by atoms with Gasteiger partial charge in [-0.15, -0.1) is 5.10 Å². The Labute approximate surface area is 176 Å². The smallest absolute Gasteiger partial charge is 0.293 e. The summed E-state index contributed by atoms with van der Waals surface area (Å²) < 4.78 is 38.8. The number of ether oxygens (including phenoxy) is 1. The third kappa shape index (κ3) is 5.13. The van der Waals surface area contributed by atoms with Crippen LogP contribution in [-0.2, 0) is 13.2 Å². The Morgan fingerprint density at radius 2 is 1.94 bits per heavy atom. The van der Waals surface area contributed by atoms with Crippen LogP contribution in [0.2, 0.25) is 0 Å². The van der Waals surface area contributed by atoms with Crippen LogP contribution in [0.15, 0.2) is 65.3 Å². The highest BCUT2D eigenvalue weighted by atomic mass is 19.1. The highest BCUT2D eigenvalue weighted by Crippen LogP contribution is 2.20. The second-order valence-electron chi connectivity index (χ2n) is 6.83. The molecular formula is C22H18F2N4O3. The van der Waals surface area contributed by atoms with Gasteiger partial charge in [-0.25, -0.2) is 18.4 Å². The number of amides is 1. The first-order valence-electron chi connectivity index (χ1n) is 9.39. The third-order valence-electron chi connectivity index (χ3n) is 4.38. The first kappa shape index (κ1) is 20.3. The molecule has 0 bridgehead atoms. The molecule has 2 aromatic heterocycles. The largest absolute Gasteiger partial charge is 0.483 e. The van der Waals surface area contributed by atoms with E-state index in [-0.39, 0.29) is 24.1 Å². The van der Waals surface area contributed by atoms with Gasteiger partial charge in [0.15, 0.2) is 17.3 Å². The topological polar surface area (TPSA) is 82.2 Å². The summed E-state index contributed by atoms with van der Waals surface area (Å²) in [4.78, 5) is 16.4. The zero-order valence-corrected chi connectivity index (χ0v) is 16.5. The molecular weight excluding hydrogens is 406 g/mol. The summed E-state index contributed by atoms with van der Waals surface area (Å²) in [5.41, 5.74) is 2.22. The molecule has 31 heavy (non-hydrogen) atoms. The molecule has 0 aliphatic heterocycles. The van der Waals surface area contributed by atoms with Crippen LogP contribution in [-0.4, -0.2) is 20.7 Å². The average molecular weight is 424 g/mol. The fourth-order valence-corrected chi connectivity index (χ4v) is 2.79. The number of hydrogen-bond acceptors (Lipinski definition) is 5. The van der Waals surface area contributed by atoms with Gasteiger partial charge in [0.05, 0.1) is 6.54 Å². The Balaban J connectivity index is 1.33. The fraction of sp³-hybridized carbons (Fsp3) is 0.136. The first-order valence-corrected chi connectivity index (χ1v) is 9.39. The van der Waals surface area contributed by atoms with Gasteiger partial charge in [0.1, 0.15) is 24.5 Å². The number of carbonyl (C=O) groups excluding carboxylic acids is 1. The number of furan rings is 1. The van der Waals surface area contributed by atoms with E-state index in [0.29, 0.717) is 12.3 Å². The van der Waals surface area contributed by atoms with E-state index in [1.165, 1.54) is 30.1 Å². The maximum absolute atomic E-state index is 13.6. The lowest BCUT2D eigenvalue weighted by molar-refractivity contribution is 0.0991. The van der Waals surface area contributed by atoms with Crippen molar-refractivity contribution in [1.82, 2.24) is 14.8 Å². The minimum atomic E-state index is -0.822. The second kappa shape index (κ2) is 8.78. The molecule has 0 radical (unpaired) electrons. The molecule has 0 atom stereocenters. The molecule has 2 heterocycles. The van der Waals surface area contributed by atoms with Crippen molar-refractivity contribution < 1.29 is 22.7 Å². The lowest BCUT2D eigenvalue weighted by atomic mass is 10.1. The van der Waals surface area contributed by atoms with E-state index in [0.717, 1.165) is 17.7 Å². The molecule has 0 saturated heterocycles. The summed E-state index contributed by atoms with van der Waals surface area (Å²) in [5, 5.41) is 6.79. The number of rotatable bonds is 7. The van der Waals surface area contributed by atoms with Crippen LogP contribution in [0.1, 0.15) is 27.4 Å². The number of halogens is 2. The molecule has 1 N–H and O–H groups in total. The summed E-state index contributed by atoms with van der Waals surface area (Å²) in [6.45, 7) is 2.41. The molecule has 1 amide bonds. The normalized spacial score (nSPS) is 10.8. The van der Waals surface area contributed by atoms with Crippen LogP contribution in [0.4, 0.5) is 14.7 Å². The number of aryl methyl sites for hydroxylation is 1. The van der Waals surface area contributed by atoms with Gasteiger partial charge in [-0.05, 0) is 36.8 Å². The van der Waals surface area contributed by atoms with Crippen molar-refractivity contribution in [2.45, 2.75) is 20.1 Å². The zero-order chi connectivity index (χ0) is 21.8. The average Bonchev–Trinajstić information content (AvgIpc) is 3.39. The molecule has 4 aromatic rings. The fourth-order valence-electron chi connectivity index (χ4n) is 2.79. The van der Waals surface area contributed by atoms with E-state index in [1.54, 1.807) is 4.68 Å². The summed E-state index contributed by atoms with van der Waals surface area (Å²) in [5.74, 6) is -1.72. The zero-order valence-electron chi connectivity index (χ0n) is 16.5. The van der Waals surface area contributed by atoms with Gasteiger partial charge in [-0.2, -0.15) is 0 Å². The van der Waals surface area contributed by atoms with E-state index >= 15 is 0 Å². The van der Waals surface area contributed by atoms with Gasteiger partial charge in [0.2, 0.25) is 5.95 Å². The number of anilines is 1. The van der Waals surface area contributed by atoms with E-state index in [4.69, 9.17) is 9.15 Å². The van der Waals surface area contributed by atoms with E-state index in [1.807, 2.05) is 31.2 Å². The number of carbonyl (C=O) groups is 1. The monoisotopic (exact) mass is 424 g/mol. The highest BCUT2D eigenvalue weighted by Gasteiger charge is 2.15. The molecule has 7 nitrogen and oxygen atoms in total. The summed E-state index contributed by atoms with van der Waals surface area (Å²) in [6, 6.07) is 14.0. The van der Waals surface area contributed by atoms with Crippen molar-refractivity contribution in [2.24, 2.45) is 0 Å². The van der Waals surface area contributed by atoms with Gasteiger partial charge < -0.3 is 9.15 Å². The minimum absolute atomic E-state index is 0.0214. The lowest BCUT2D eigenvalue weighted by Crippen LogP contribution is -2.12. The number of nitrogens with one attached hydrogen (secondary N) is 1. The quantitative estimate of drug-likeness (QED) is 0.477. The van der Waals surface area contributed by atoms with E-state index in [2.05, 4.69) is 15.4 Å². The van der Waals surface area contributed by atoms with Gasteiger partial charge in [-0.1, -0.05) is 29.8 Å². The molecule has 9 heteroatoms. The van der Waals surface area contributed by atoms with Crippen LogP contribution in [0.25, 0.3) is 0 Å². The van der Waals surface area contributed by atoms with Crippen molar-refractivity contribution in [1.29, 1.82) is 0 Å².